The molecule has 0 saturated carbocycles. The molecule has 2 heteroatoms. The van der Waals surface area contributed by atoms with Crippen LogP contribution in [0.25, 0.3) is 66.1 Å². The van der Waals surface area contributed by atoms with Crippen LogP contribution in [-0.4, -0.2) is 0 Å². The number of hydrogen-bond acceptors (Lipinski definition) is 2. The average molecular weight is 625 g/mol. The van der Waals surface area contributed by atoms with Crippen LogP contribution in [0.15, 0.2) is 192 Å². The van der Waals surface area contributed by atoms with E-state index >= 15 is 0 Å². The molecule has 0 spiro atoms. The fraction of sp³-hybridized carbons (Fsp3) is 0. The van der Waals surface area contributed by atoms with Crippen molar-refractivity contribution in [2.75, 3.05) is 4.90 Å². The van der Waals surface area contributed by atoms with Gasteiger partial charge in [-0.25, -0.2) is 0 Å². The fourth-order valence-corrected chi connectivity index (χ4v) is 6.09. The van der Waals surface area contributed by atoms with Gasteiger partial charge in [0.05, 0.1) is 15.1 Å². The molecule has 8 aromatic carbocycles. The van der Waals surface area contributed by atoms with Crippen molar-refractivity contribution in [1.29, 1.82) is 0 Å². The Bertz CT molecular complexity index is 3130. The van der Waals surface area contributed by atoms with E-state index in [9.17, 15) is 5.48 Å². The van der Waals surface area contributed by atoms with Crippen molar-refractivity contribution < 1.29 is 19.5 Å². The first-order valence-corrected chi connectivity index (χ1v) is 15.4. The van der Waals surface area contributed by atoms with Crippen LogP contribution in [0.1, 0.15) is 15.1 Å². The van der Waals surface area contributed by atoms with Crippen LogP contribution in [-0.2, 0) is 0 Å². The summed E-state index contributed by atoms with van der Waals surface area (Å²) in [5.41, 5.74) is 5.23. The smallest absolute Gasteiger partial charge is 0.135 e. The molecule has 1 aromatic heterocycles. The molecule has 0 aliphatic rings. The molecule has 0 N–H and O–H groups in total. The minimum atomic E-state index is -0.537. The maximum absolute atomic E-state index is 9.43. The summed E-state index contributed by atoms with van der Waals surface area (Å²) in [7, 11) is 0. The molecule has 0 aliphatic carbocycles. The van der Waals surface area contributed by atoms with Crippen LogP contribution in [0.3, 0.4) is 0 Å². The quantitative estimate of drug-likeness (QED) is 0.183. The third-order valence-corrected chi connectivity index (χ3v) is 8.46. The van der Waals surface area contributed by atoms with E-state index in [1.165, 1.54) is 0 Å². The molecule has 2 nitrogen and oxygen atoms in total. The summed E-state index contributed by atoms with van der Waals surface area (Å²) in [4.78, 5) is 1.63. The highest BCUT2D eigenvalue weighted by Gasteiger charge is 2.15. The zero-order chi connectivity index (χ0) is 41.4. The zero-order valence-electron chi connectivity index (χ0n) is 36.4. The molecule has 0 atom stereocenters. The van der Waals surface area contributed by atoms with Crippen LogP contribution >= 0.6 is 0 Å². The van der Waals surface area contributed by atoms with Gasteiger partial charge in [-0.2, -0.15) is 0 Å². The molecule has 0 saturated heterocycles. The van der Waals surface area contributed by atoms with E-state index < -0.39 is 36.3 Å². The van der Waals surface area contributed by atoms with E-state index in [1.807, 2.05) is 84.9 Å². The monoisotopic (exact) mass is 624 g/mol. The Morgan fingerprint density at radius 3 is 1.81 bits per heavy atom. The van der Waals surface area contributed by atoms with Crippen LogP contribution < -0.4 is 4.90 Å². The number of nitrogens with zero attached hydrogens (tertiary/aromatic N) is 1. The molecule has 0 fully saturated rings. The molecule has 48 heavy (non-hydrogen) atoms. The van der Waals surface area contributed by atoms with Crippen LogP contribution in [0, 0.1) is 0 Å². The van der Waals surface area contributed by atoms with Gasteiger partial charge < -0.3 is 9.32 Å². The van der Waals surface area contributed by atoms with E-state index in [2.05, 4.69) is 0 Å². The van der Waals surface area contributed by atoms with Gasteiger partial charge in [0, 0.05) is 27.8 Å². The molecule has 1 heterocycles. The summed E-state index contributed by atoms with van der Waals surface area (Å²) in [6, 6.07) is 32.4. The molecular weight excluding hydrogens is 583 g/mol. The molecule has 9 rings (SSSR count). The van der Waals surface area contributed by atoms with Gasteiger partial charge in [0.2, 0.25) is 0 Å². The molecular formula is C46H31NO. The summed E-state index contributed by atoms with van der Waals surface area (Å²) in [6.45, 7) is 0. The second-order valence-corrected chi connectivity index (χ2v) is 11.3. The lowest BCUT2D eigenvalue weighted by Crippen LogP contribution is -2.09. The third-order valence-electron chi connectivity index (χ3n) is 8.46. The van der Waals surface area contributed by atoms with Gasteiger partial charge in [-0.15, -0.1) is 0 Å². The van der Waals surface area contributed by atoms with Gasteiger partial charge in [0.1, 0.15) is 11.2 Å². The van der Waals surface area contributed by atoms with Gasteiger partial charge in [-0.05, 0) is 98.7 Å². The maximum atomic E-state index is 9.43. The van der Waals surface area contributed by atoms with Gasteiger partial charge in [-0.3, -0.25) is 0 Å². The van der Waals surface area contributed by atoms with Crippen molar-refractivity contribution in [3.05, 3.63) is 188 Å². The Labute approximate surface area is 295 Å². The van der Waals surface area contributed by atoms with Crippen molar-refractivity contribution in [2.45, 2.75) is 0 Å². The Kier molecular flexibility index (Phi) is 4.58. The Hall–Kier alpha value is -6.38. The largest absolute Gasteiger partial charge is 0.456 e. The van der Waals surface area contributed by atoms with Crippen molar-refractivity contribution in [1.82, 2.24) is 0 Å². The van der Waals surface area contributed by atoms with Crippen molar-refractivity contribution >= 4 is 49.8 Å². The number of rotatable bonds is 6. The highest BCUT2D eigenvalue weighted by Crippen LogP contribution is 2.39. The topological polar surface area (TPSA) is 16.4 Å². The van der Waals surface area contributed by atoms with Gasteiger partial charge >= 0.3 is 0 Å². The van der Waals surface area contributed by atoms with E-state index in [4.69, 9.17) is 14.0 Å². The molecule has 0 unspecified atom stereocenters. The van der Waals surface area contributed by atoms with E-state index in [-0.39, 0.29) is 57.8 Å². The maximum Gasteiger partial charge on any atom is 0.135 e. The van der Waals surface area contributed by atoms with Crippen LogP contribution in [0.5, 0.6) is 0 Å². The Morgan fingerprint density at radius 2 is 1.02 bits per heavy atom. The lowest BCUT2D eigenvalue weighted by Gasteiger charge is -2.26. The number of para-hydroxylation sites is 1. The van der Waals surface area contributed by atoms with Crippen LogP contribution in [0.4, 0.5) is 17.1 Å². The normalized spacial score (nSPS) is 14.5. The highest BCUT2D eigenvalue weighted by atomic mass is 16.3. The zero-order valence-corrected chi connectivity index (χ0v) is 25.4. The summed E-state index contributed by atoms with van der Waals surface area (Å²) >= 11 is 0. The standard InChI is InChI=1S/C46H31NO/c1-2-9-32(10-3-1)33-17-24-38(25-18-33)47(40-28-21-36(22-29-40)42-15-8-12-35-11-4-5-13-41(35)42)39-26-19-34(20-27-39)37-23-30-46-44(31-37)43-14-6-7-16-45(43)48-46/h1-31H/i4D,5D,8D,11D,12D,13D,15D,19D,20D,26D,27D. The molecule has 226 valence electrons. The molecule has 0 amide bonds. The fourth-order valence-electron chi connectivity index (χ4n) is 6.09. The lowest BCUT2D eigenvalue weighted by molar-refractivity contribution is 0.669. The van der Waals surface area contributed by atoms with Crippen LogP contribution in [0.2, 0.25) is 0 Å². The summed E-state index contributed by atoms with van der Waals surface area (Å²) in [5.74, 6) is 0. The average Bonchev–Trinajstić information content (AvgIpc) is 3.63. The first kappa shape index (κ1) is 18.7. The lowest BCUT2D eigenvalue weighted by atomic mass is 9.98. The van der Waals surface area contributed by atoms with E-state index in [0.29, 0.717) is 33.7 Å². The third kappa shape index (κ3) is 5.01. The number of furan rings is 1. The summed E-state index contributed by atoms with van der Waals surface area (Å²) in [6.07, 6.45) is 0. The first-order chi connectivity index (χ1) is 28.4. The Balaban J connectivity index is 1.23. The minimum Gasteiger partial charge on any atom is -0.456 e. The van der Waals surface area contributed by atoms with E-state index in [1.54, 1.807) is 41.3 Å². The number of hydrogen-bond donors (Lipinski definition) is 0. The predicted octanol–water partition coefficient (Wildman–Crippen LogP) is 13.2. The number of benzene rings is 8. The predicted molar refractivity (Wildman–Crippen MR) is 202 cm³/mol. The van der Waals surface area contributed by atoms with E-state index in [0.717, 1.165) is 21.9 Å². The highest BCUT2D eigenvalue weighted by molar-refractivity contribution is 6.06. The molecule has 9 aromatic rings. The second-order valence-electron chi connectivity index (χ2n) is 11.3. The summed E-state index contributed by atoms with van der Waals surface area (Å²) < 4.78 is 103. The van der Waals surface area contributed by atoms with Crippen molar-refractivity contribution in [3.63, 3.8) is 0 Å². The minimum absolute atomic E-state index is 0.00782. The van der Waals surface area contributed by atoms with Gasteiger partial charge in [-0.1, -0.05) is 133 Å². The Morgan fingerprint density at radius 1 is 0.396 bits per heavy atom. The van der Waals surface area contributed by atoms with Gasteiger partial charge in [0.25, 0.3) is 0 Å². The molecule has 0 radical (unpaired) electrons. The first-order valence-electron chi connectivity index (χ1n) is 20.9. The number of fused-ring (bicyclic) bond motifs is 4. The molecule has 0 aliphatic heterocycles. The van der Waals surface area contributed by atoms with Crippen molar-refractivity contribution in [2.24, 2.45) is 0 Å². The number of anilines is 3. The molecule has 0 bridgehead atoms. The summed E-state index contributed by atoms with van der Waals surface area (Å²) in [5, 5.41) is 1.46. The SMILES string of the molecule is [2H]c1c([2H])c(N(c2ccc(-c3ccccc3)cc2)c2ccc(-c3c([2H])c([2H])c([2H])c4c([2H])c([2H])c([2H])c([2H])c34)cc2)c([2H])c([2H])c1-c1ccc2oc3ccccc3c2c1. The second kappa shape index (κ2) is 11.8. The van der Waals surface area contributed by atoms with Gasteiger partial charge in [0.15, 0.2) is 0 Å². The van der Waals surface area contributed by atoms with Crippen molar-refractivity contribution in [3.8, 4) is 33.4 Å².